The fourth-order valence-corrected chi connectivity index (χ4v) is 3.41. The van der Waals surface area contributed by atoms with Crippen LogP contribution in [0.1, 0.15) is 17.2 Å². The van der Waals surface area contributed by atoms with Gasteiger partial charge < -0.3 is 10.5 Å². The number of rotatable bonds is 7. The molecule has 0 aliphatic heterocycles. The van der Waals surface area contributed by atoms with Crippen LogP contribution >= 0.6 is 11.8 Å². The average Bonchev–Trinajstić information content (AvgIpc) is 2.68. The minimum absolute atomic E-state index is 0.0939. The number of thioether (sulfide) groups is 1. The van der Waals surface area contributed by atoms with Crippen LogP contribution in [0.15, 0.2) is 90.1 Å². The van der Waals surface area contributed by atoms with Crippen LogP contribution in [0.3, 0.4) is 0 Å². The number of nitrogens with one attached hydrogen (secondary N) is 1. The molecular weight excluding hydrogens is 344 g/mol. The minimum atomic E-state index is -0.109. The Morgan fingerprint density at radius 1 is 0.962 bits per heavy atom. The Morgan fingerprint density at radius 2 is 1.62 bits per heavy atom. The van der Waals surface area contributed by atoms with E-state index in [2.05, 4.69) is 17.4 Å². The zero-order chi connectivity index (χ0) is 18.2. The smallest absolute Gasteiger partial charge is 0.251 e. The van der Waals surface area contributed by atoms with Crippen LogP contribution < -0.4 is 10.0 Å². The molecule has 1 unspecified atom stereocenters. The summed E-state index contributed by atoms with van der Waals surface area (Å²) in [5, 5.41) is 15.3. The molecule has 0 saturated carbocycles. The topological polar surface area (TPSA) is 56.0 Å². The van der Waals surface area contributed by atoms with E-state index in [1.807, 2.05) is 48.5 Å². The van der Waals surface area contributed by atoms with Crippen molar-refractivity contribution in [1.82, 2.24) is 5.32 Å². The number of benzene rings is 2. The SMILES string of the molecule is O=C(CSc1cccc[n+]1[O-])NC(Cc1ccccc1)c1ccccc1. The molecule has 3 rings (SSSR count). The summed E-state index contributed by atoms with van der Waals surface area (Å²) in [5.41, 5.74) is 2.23. The number of carbonyl (C=O) groups excluding carboxylic acids is 1. The van der Waals surface area contributed by atoms with Gasteiger partial charge in [-0.1, -0.05) is 60.7 Å². The molecule has 1 heterocycles. The summed E-state index contributed by atoms with van der Waals surface area (Å²) in [6.45, 7) is 0. The van der Waals surface area contributed by atoms with Crippen molar-refractivity contribution in [3.63, 3.8) is 0 Å². The summed E-state index contributed by atoms with van der Waals surface area (Å²) < 4.78 is 0.774. The second-order valence-electron chi connectivity index (χ2n) is 5.87. The molecule has 26 heavy (non-hydrogen) atoms. The molecule has 0 aliphatic rings. The van der Waals surface area contributed by atoms with Crippen molar-refractivity contribution in [1.29, 1.82) is 0 Å². The van der Waals surface area contributed by atoms with Gasteiger partial charge in [0.05, 0.1) is 11.8 Å². The van der Waals surface area contributed by atoms with Crippen LogP contribution in [0.5, 0.6) is 0 Å². The van der Waals surface area contributed by atoms with E-state index in [-0.39, 0.29) is 17.7 Å². The number of carbonyl (C=O) groups is 1. The van der Waals surface area contributed by atoms with E-state index >= 15 is 0 Å². The van der Waals surface area contributed by atoms with Crippen LogP contribution in [0.2, 0.25) is 0 Å². The number of hydrogen-bond donors (Lipinski definition) is 1. The molecule has 0 aliphatic carbocycles. The Balaban J connectivity index is 1.67. The lowest BCUT2D eigenvalue weighted by Crippen LogP contribution is -2.32. The highest BCUT2D eigenvalue weighted by atomic mass is 32.2. The van der Waals surface area contributed by atoms with Gasteiger partial charge in [0.25, 0.3) is 5.03 Å². The first-order valence-electron chi connectivity index (χ1n) is 8.41. The Kier molecular flexibility index (Phi) is 6.28. The van der Waals surface area contributed by atoms with Gasteiger partial charge in [-0.05, 0) is 35.4 Å². The van der Waals surface area contributed by atoms with Crippen molar-refractivity contribution in [2.45, 2.75) is 17.5 Å². The normalized spacial score (nSPS) is 11.7. The number of amides is 1. The van der Waals surface area contributed by atoms with Crippen LogP contribution in [-0.2, 0) is 11.2 Å². The maximum atomic E-state index is 12.5. The van der Waals surface area contributed by atoms with Gasteiger partial charge in [-0.2, -0.15) is 4.73 Å². The zero-order valence-corrected chi connectivity index (χ0v) is 15.1. The predicted molar refractivity (Wildman–Crippen MR) is 104 cm³/mol. The van der Waals surface area contributed by atoms with Gasteiger partial charge in [0, 0.05) is 12.1 Å². The van der Waals surface area contributed by atoms with E-state index in [1.54, 1.807) is 18.2 Å². The Bertz CT molecular complexity index is 841. The molecule has 4 nitrogen and oxygen atoms in total. The zero-order valence-electron chi connectivity index (χ0n) is 14.2. The van der Waals surface area contributed by atoms with Crippen molar-refractivity contribution in [3.8, 4) is 0 Å². The highest BCUT2D eigenvalue weighted by Crippen LogP contribution is 2.19. The largest absolute Gasteiger partial charge is 0.618 e. The van der Waals surface area contributed by atoms with Gasteiger partial charge >= 0.3 is 0 Å². The first kappa shape index (κ1) is 18.0. The first-order chi connectivity index (χ1) is 12.7. The van der Waals surface area contributed by atoms with Gasteiger partial charge in [-0.15, -0.1) is 0 Å². The lowest BCUT2D eigenvalue weighted by Gasteiger charge is -2.19. The summed E-state index contributed by atoms with van der Waals surface area (Å²) in [6, 6.07) is 25.1. The highest BCUT2D eigenvalue weighted by molar-refractivity contribution is 7.99. The molecule has 0 spiro atoms. The molecule has 0 fully saturated rings. The molecule has 0 saturated heterocycles. The molecule has 0 radical (unpaired) electrons. The summed E-state index contributed by atoms with van der Waals surface area (Å²) in [7, 11) is 0. The summed E-state index contributed by atoms with van der Waals surface area (Å²) in [4.78, 5) is 12.5. The third-order valence-electron chi connectivity index (χ3n) is 3.96. The second kappa shape index (κ2) is 9.06. The van der Waals surface area contributed by atoms with Crippen molar-refractivity contribution in [2.24, 2.45) is 0 Å². The van der Waals surface area contributed by atoms with Crippen molar-refractivity contribution in [3.05, 3.63) is 101 Å². The van der Waals surface area contributed by atoms with E-state index < -0.39 is 0 Å². The highest BCUT2D eigenvalue weighted by Gasteiger charge is 2.16. The Morgan fingerprint density at radius 3 is 2.31 bits per heavy atom. The maximum absolute atomic E-state index is 12.5. The summed E-state index contributed by atoms with van der Waals surface area (Å²) in [6.07, 6.45) is 2.15. The van der Waals surface area contributed by atoms with Crippen molar-refractivity contribution in [2.75, 3.05) is 5.75 Å². The molecule has 1 amide bonds. The van der Waals surface area contributed by atoms with E-state index in [0.29, 0.717) is 11.4 Å². The molecule has 132 valence electrons. The third kappa shape index (κ3) is 5.10. The molecule has 3 aromatic rings. The summed E-state index contributed by atoms with van der Waals surface area (Å²) >= 11 is 1.24. The van der Waals surface area contributed by atoms with E-state index in [0.717, 1.165) is 15.9 Å². The average molecular weight is 364 g/mol. The molecule has 1 atom stereocenters. The van der Waals surface area contributed by atoms with Crippen LogP contribution in [0.25, 0.3) is 0 Å². The lowest BCUT2D eigenvalue weighted by atomic mass is 9.99. The molecule has 5 heteroatoms. The van der Waals surface area contributed by atoms with E-state index in [1.165, 1.54) is 18.0 Å². The van der Waals surface area contributed by atoms with Gasteiger partial charge in [0.1, 0.15) is 0 Å². The number of pyridine rings is 1. The number of nitrogens with zero attached hydrogens (tertiary/aromatic N) is 1. The number of aromatic nitrogens is 1. The first-order valence-corrected chi connectivity index (χ1v) is 9.40. The molecular formula is C21H20N2O2S. The van der Waals surface area contributed by atoms with Gasteiger partial charge in [-0.3, -0.25) is 4.79 Å². The second-order valence-corrected chi connectivity index (χ2v) is 6.87. The predicted octanol–water partition coefficient (Wildman–Crippen LogP) is 3.51. The van der Waals surface area contributed by atoms with Gasteiger partial charge in [0.2, 0.25) is 5.91 Å². The Hall–Kier alpha value is -2.79. The third-order valence-corrected chi connectivity index (χ3v) is 4.98. The van der Waals surface area contributed by atoms with Crippen molar-refractivity contribution < 1.29 is 9.52 Å². The molecule has 0 bridgehead atoms. The van der Waals surface area contributed by atoms with Crippen LogP contribution in [0.4, 0.5) is 0 Å². The fraction of sp³-hybridized carbons (Fsp3) is 0.143. The molecule has 1 N–H and O–H groups in total. The Labute approximate surface area is 157 Å². The monoisotopic (exact) mass is 364 g/mol. The fourth-order valence-electron chi connectivity index (χ4n) is 2.69. The molecule has 1 aromatic heterocycles. The quantitative estimate of drug-likeness (QED) is 0.396. The van der Waals surface area contributed by atoms with Crippen LogP contribution in [0, 0.1) is 5.21 Å². The minimum Gasteiger partial charge on any atom is -0.618 e. The van der Waals surface area contributed by atoms with Gasteiger partial charge in [-0.25, -0.2) is 0 Å². The molecule has 2 aromatic carbocycles. The lowest BCUT2D eigenvalue weighted by molar-refractivity contribution is -0.645. The van der Waals surface area contributed by atoms with E-state index in [9.17, 15) is 10.0 Å². The standard InChI is InChI=1S/C21H20N2O2S/c24-20(16-26-21-13-7-8-14-23(21)25)22-19(18-11-5-2-6-12-18)15-17-9-3-1-4-10-17/h1-14,19H,15-16H2,(H,22,24). The number of hydrogen-bond acceptors (Lipinski definition) is 3. The van der Waals surface area contributed by atoms with Crippen LogP contribution in [-0.4, -0.2) is 11.7 Å². The maximum Gasteiger partial charge on any atom is 0.251 e. The van der Waals surface area contributed by atoms with Gasteiger partial charge in [0.15, 0.2) is 6.20 Å². The van der Waals surface area contributed by atoms with E-state index in [4.69, 9.17) is 0 Å². The summed E-state index contributed by atoms with van der Waals surface area (Å²) in [5.74, 6) is 0.105. The van der Waals surface area contributed by atoms with Crippen molar-refractivity contribution >= 4 is 17.7 Å².